The SMILES string of the molecule is O=C(Nc1ccc(N2CCCCC2)c(Cl)c1)c1cccs1. The highest BCUT2D eigenvalue weighted by Gasteiger charge is 2.15. The summed E-state index contributed by atoms with van der Waals surface area (Å²) in [7, 11) is 0. The topological polar surface area (TPSA) is 32.3 Å². The van der Waals surface area contributed by atoms with Gasteiger partial charge in [0, 0.05) is 18.8 Å². The molecular formula is C16H17ClN2OS. The van der Waals surface area contributed by atoms with E-state index >= 15 is 0 Å². The molecule has 0 aliphatic carbocycles. The first-order valence-electron chi connectivity index (χ1n) is 7.13. The minimum atomic E-state index is -0.0909. The summed E-state index contributed by atoms with van der Waals surface area (Å²) < 4.78 is 0. The van der Waals surface area contributed by atoms with Crippen molar-refractivity contribution in [3.8, 4) is 0 Å². The molecule has 0 bridgehead atoms. The zero-order valence-electron chi connectivity index (χ0n) is 11.6. The van der Waals surface area contributed by atoms with Crippen molar-refractivity contribution in [1.82, 2.24) is 0 Å². The molecule has 1 fully saturated rings. The van der Waals surface area contributed by atoms with Crippen molar-refractivity contribution in [3.63, 3.8) is 0 Å². The van der Waals surface area contributed by atoms with Crippen molar-refractivity contribution in [2.24, 2.45) is 0 Å². The standard InChI is InChI=1S/C16H17ClN2OS/c17-13-11-12(18-16(20)15-5-4-10-21-15)6-7-14(13)19-8-2-1-3-9-19/h4-7,10-11H,1-3,8-9H2,(H,18,20). The van der Waals surface area contributed by atoms with Crippen molar-refractivity contribution in [1.29, 1.82) is 0 Å². The summed E-state index contributed by atoms with van der Waals surface area (Å²) in [6.45, 7) is 2.11. The van der Waals surface area contributed by atoms with Crippen LogP contribution in [-0.4, -0.2) is 19.0 Å². The van der Waals surface area contributed by atoms with Gasteiger partial charge in [0.25, 0.3) is 5.91 Å². The van der Waals surface area contributed by atoms with E-state index in [4.69, 9.17) is 11.6 Å². The largest absolute Gasteiger partial charge is 0.370 e. The van der Waals surface area contributed by atoms with Gasteiger partial charge in [0.05, 0.1) is 15.6 Å². The fourth-order valence-electron chi connectivity index (χ4n) is 2.58. The smallest absolute Gasteiger partial charge is 0.265 e. The summed E-state index contributed by atoms with van der Waals surface area (Å²) in [5.74, 6) is -0.0909. The average Bonchev–Trinajstić information content (AvgIpc) is 3.02. The Morgan fingerprint density at radius 1 is 1.19 bits per heavy atom. The molecule has 0 atom stereocenters. The maximum Gasteiger partial charge on any atom is 0.265 e. The summed E-state index contributed by atoms with van der Waals surface area (Å²) in [6.07, 6.45) is 3.73. The van der Waals surface area contributed by atoms with Crippen molar-refractivity contribution in [2.45, 2.75) is 19.3 Å². The van der Waals surface area contributed by atoms with E-state index in [0.717, 1.165) is 24.5 Å². The molecule has 2 heterocycles. The van der Waals surface area contributed by atoms with E-state index in [9.17, 15) is 4.79 Å². The summed E-state index contributed by atoms with van der Waals surface area (Å²) in [4.78, 5) is 15.0. The third kappa shape index (κ3) is 3.39. The Bertz CT molecular complexity index is 621. The molecule has 1 amide bonds. The number of thiophene rings is 1. The molecule has 2 aromatic rings. The van der Waals surface area contributed by atoms with Crippen molar-refractivity contribution < 1.29 is 4.79 Å². The van der Waals surface area contributed by atoms with Crippen LogP contribution in [0.15, 0.2) is 35.7 Å². The Morgan fingerprint density at radius 2 is 2.00 bits per heavy atom. The lowest BCUT2D eigenvalue weighted by atomic mass is 10.1. The monoisotopic (exact) mass is 320 g/mol. The molecule has 0 spiro atoms. The highest BCUT2D eigenvalue weighted by atomic mass is 35.5. The first-order valence-corrected chi connectivity index (χ1v) is 8.39. The second-order valence-corrected chi connectivity index (χ2v) is 6.50. The van der Waals surface area contributed by atoms with Gasteiger partial charge in [0.15, 0.2) is 0 Å². The van der Waals surface area contributed by atoms with Gasteiger partial charge in [0.2, 0.25) is 0 Å². The number of halogens is 1. The molecule has 1 aliphatic rings. The molecule has 1 aliphatic heterocycles. The highest BCUT2D eigenvalue weighted by molar-refractivity contribution is 7.12. The maximum absolute atomic E-state index is 12.0. The summed E-state index contributed by atoms with van der Waals surface area (Å²) >= 11 is 7.81. The lowest BCUT2D eigenvalue weighted by molar-refractivity contribution is 0.103. The van der Waals surface area contributed by atoms with Gasteiger partial charge in [-0.2, -0.15) is 0 Å². The van der Waals surface area contributed by atoms with Gasteiger partial charge >= 0.3 is 0 Å². The van der Waals surface area contributed by atoms with Crippen LogP contribution in [0.25, 0.3) is 0 Å². The molecular weight excluding hydrogens is 304 g/mol. The number of hydrogen-bond acceptors (Lipinski definition) is 3. The third-order valence-corrected chi connectivity index (χ3v) is 4.82. The molecule has 110 valence electrons. The predicted octanol–water partition coefficient (Wildman–Crippen LogP) is 4.64. The van der Waals surface area contributed by atoms with Crippen LogP contribution in [0.4, 0.5) is 11.4 Å². The number of carbonyl (C=O) groups excluding carboxylic acids is 1. The van der Waals surface area contributed by atoms with E-state index in [2.05, 4.69) is 10.2 Å². The normalized spacial score (nSPS) is 15.0. The molecule has 0 unspecified atom stereocenters. The van der Waals surface area contributed by atoms with E-state index in [1.807, 2.05) is 35.7 Å². The molecule has 1 N–H and O–H groups in total. The molecule has 1 aromatic carbocycles. The Labute approximate surface area is 133 Å². The summed E-state index contributed by atoms with van der Waals surface area (Å²) in [6, 6.07) is 9.42. The number of nitrogens with zero attached hydrogens (tertiary/aromatic N) is 1. The van der Waals surface area contributed by atoms with Crippen LogP contribution in [0.3, 0.4) is 0 Å². The fourth-order valence-corrected chi connectivity index (χ4v) is 3.50. The Morgan fingerprint density at radius 3 is 2.67 bits per heavy atom. The van der Waals surface area contributed by atoms with Crippen molar-refractivity contribution in [3.05, 3.63) is 45.6 Å². The van der Waals surface area contributed by atoms with Crippen LogP contribution in [0.2, 0.25) is 5.02 Å². The van der Waals surface area contributed by atoms with Crippen LogP contribution < -0.4 is 10.2 Å². The van der Waals surface area contributed by atoms with E-state index in [-0.39, 0.29) is 5.91 Å². The zero-order chi connectivity index (χ0) is 14.7. The number of carbonyl (C=O) groups is 1. The number of rotatable bonds is 3. The fraction of sp³-hybridized carbons (Fsp3) is 0.312. The second kappa shape index (κ2) is 6.50. The molecule has 0 saturated carbocycles. The number of hydrogen-bond donors (Lipinski definition) is 1. The number of benzene rings is 1. The first kappa shape index (κ1) is 14.4. The second-order valence-electron chi connectivity index (χ2n) is 5.15. The van der Waals surface area contributed by atoms with E-state index in [1.165, 1.54) is 30.6 Å². The summed E-state index contributed by atoms with van der Waals surface area (Å²) in [5, 5.41) is 5.47. The summed E-state index contributed by atoms with van der Waals surface area (Å²) in [5.41, 5.74) is 1.80. The maximum atomic E-state index is 12.0. The van der Waals surface area contributed by atoms with Gasteiger partial charge in [0.1, 0.15) is 0 Å². The third-order valence-electron chi connectivity index (χ3n) is 3.65. The molecule has 3 nitrogen and oxygen atoms in total. The number of anilines is 2. The van der Waals surface area contributed by atoms with E-state index < -0.39 is 0 Å². The van der Waals surface area contributed by atoms with Gasteiger partial charge < -0.3 is 10.2 Å². The molecule has 0 radical (unpaired) electrons. The van der Waals surface area contributed by atoms with Crippen molar-refractivity contribution >= 4 is 40.2 Å². The van der Waals surface area contributed by atoms with Gasteiger partial charge in [-0.05, 0) is 48.9 Å². The minimum Gasteiger partial charge on any atom is -0.370 e. The molecule has 5 heteroatoms. The van der Waals surface area contributed by atoms with Gasteiger partial charge in [-0.3, -0.25) is 4.79 Å². The molecule has 21 heavy (non-hydrogen) atoms. The number of nitrogens with one attached hydrogen (secondary N) is 1. The Hall–Kier alpha value is -1.52. The quantitative estimate of drug-likeness (QED) is 0.893. The first-order chi connectivity index (χ1) is 10.2. The van der Waals surface area contributed by atoms with Crippen molar-refractivity contribution in [2.75, 3.05) is 23.3 Å². The Kier molecular flexibility index (Phi) is 4.46. The van der Waals surface area contributed by atoms with Gasteiger partial charge in [-0.15, -0.1) is 11.3 Å². The highest BCUT2D eigenvalue weighted by Crippen LogP contribution is 2.31. The lowest BCUT2D eigenvalue weighted by Gasteiger charge is -2.29. The zero-order valence-corrected chi connectivity index (χ0v) is 13.2. The predicted molar refractivity (Wildman–Crippen MR) is 89.8 cm³/mol. The van der Waals surface area contributed by atoms with Crippen LogP contribution in [-0.2, 0) is 0 Å². The van der Waals surface area contributed by atoms with Crippen LogP contribution >= 0.6 is 22.9 Å². The van der Waals surface area contributed by atoms with Gasteiger partial charge in [-0.1, -0.05) is 17.7 Å². The minimum absolute atomic E-state index is 0.0909. The number of piperidine rings is 1. The van der Waals surface area contributed by atoms with Crippen LogP contribution in [0.1, 0.15) is 28.9 Å². The van der Waals surface area contributed by atoms with Crippen LogP contribution in [0, 0.1) is 0 Å². The van der Waals surface area contributed by atoms with E-state index in [1.54, 1.807) is 0 Å². The molecule has 3 rings (SSSR count). The number of amides is 1. The van der Waals surface area contributed by atoms with E-state index in [0.29, 0.717) is 9.90 Å². The average molecular weight is 321 g/mol. The lowest BCUT2D eigenvalue weighted by Crippen LogP contribution is -2.29. The van der Waals surface area contributed by atoms with Crippen LogP contribution in [0.5, 0.6) is 0 Å². The molecule has 1 saturated heterocycles. The Balaban J connectivity index is 1.73. The molecule has 1 aromatic heterocycles. The van der Waals surface area contributed by atoms with Gasteiger partial charge in [-0.25, -0.2) is 0 Å².